The molecule has 1 amide bonds. The molecule has 19 heavy (non-hydrogen) atoms. The third-order valence-electron chi connectivity index (χ3n) is 2.75. The third-order valence-corrected chi connectivity index (χ3v) is 3.59. The van der Waals surface area contributed by atoms with E-state index in [4.69, 9.17) is 10.5 Å². The molecule has 0 radical (unpaired) electrons. The number of carbonyl (C=O) groups is 1. The van der Waals surface area contributed by atoms with E-state index in [0.29, 0.717) is 22.5 Å². The Balaban J connectivity index is 2.47. The lowest BCUT2D eigenvalue weighted by molar-refractivity contribution is -0.127. The molecule has 4 nitrogen and oxygen atoms in total. The molecule has 5 heteroatoms. The zero-order valence-corrected chi connectivity index (χ0v) is 13.0. The second-order valence-corrected chi connectivity index (χ2v) is 5.21. The average molecular weight is 329 g/mol. The van der Waals surface area contributed by atoms with Crippen molar-refractivity contribution in [2.45, 2.75) is 39.2 Å². The molecule has 1 unspecified atom stereocenters. The van der Waals surface area contributed by atoms with Crippen LogP contribution in [0, 0.1) is 0 Å². The molecule has 3 N–H and O–H groups in total. The molecule has 0 aromatic heterocycles. The van der Waals surface area contributed by atoms with Gasteiger partial charge in [-0.15, -0.1) is 0 Å². The summed E-state index contributed by atoms with van der Waals surface area (Å²) < 4.78 is 6.29. The number of nitrogens with two attached hydrogens (primary N) is 1. The second kappa shape index (κ2) is 8.04. The zero-order chi connectivity index (χ0) is 14.3. The van der Waals surface area contributed by atoms with Gasteiger partial charge in [0.25, 0.3) is 5.91 Å². The van der Waals surface area contributed by atoms with E-state index in [-0.39, 0.29) is 5.91 Å². The van der Waals surface area contributed by atoms with E-state index in [9.17, 15) is 4.79 Å². The minimum absolute atomic E-state index is 0.106. The summed E-state index contributed by atoms with van der Waals surface area (Å²) in [5.74, 6) is 0.474. The van der Waals surface area contributed by atoms with Crippen molar-refractivity contribution in [3.63, 3.8) is 0 Å². The number of unbranched alkanes of at least 4 members (excludes halogenated alkanes) is 2. The van der Waals surface area contributed by atoms with Crippen LogP contribution in [0.15, 0.2) is 22.7 Å². The minimum Gasteiger partial charge on any atom is -0.480 e. The van der Waals surface area contributed by atoms with Crippen molar-refractivity contribution >= 4 is 27.5 Å². The highest BCUT2D eigenvalue weighted by Crippen LogP contribution is 2.30. The van der Waals surface area contributed by atoms with Crippen LogP contribution in [0.4, 0.5) is 5.69 Å². The van der Waals surface area contributed by atoms with Crippen LogP contribution in [0.3, 0.4) is 0 Å². The molecule has 0 bridgehead atoms. The monoisotopic (exact) mass is 328 g/mol. The molecule has 0 heterocycles. The van der Waals surface area contributed by atoms with Gasteiger partial charge < -0.3 is 15.8 Å². The van der Waals surface area contributed by atoms with Gasteiger partial charge in [-0.1, -0.05) is 25.8 Å². The van der Waals surface area contributed by atoms with Gasteiger partial charge in [-0.05, 0) is 41.4 Å². The van der Waals surface area contributed by atoms with Crippen LogP contribution in [-0.2, 0) is 4.79 Å². The van der Waals surface area contributed by atoms with Gasteiger partial charge in [0.15, 0.2) is 6.10 Å². The molecule has 0 spiro atoms. The number of anilines is 1. The van der Waals surface area contributed by atoms with Gasteiger partial charge in [0, 0.05) is 12.2 Å². The first kappa shape index (κ1) is 15.8. The first-order chi connectivity index (χ1) is 9.06. The average Bonchev–Trinajstić information content (AvgIpc) is 2.39. The summed E-state index contributed by atoms with van der Waals surface area (Å²) in [6.07, 6.45) is 2.71. The molecule has 0 saturated heterocycles. The van der Waals surface area contributed by atoms with Crippen LogP contribution in [0.2, 0.25) is 0 Å². The van der Waals surface area contributed by atoms with Gasteiger partial charge >= 0.3 is 0 Å². The predicted octanol–water partition coefficient (Wildman–Crippen LogP) is 3.11. The number of benzene rings is 1. The molecule has 0 aliphatic carbocycles. The van der Waals surface area contributed by atoms with Crippen molar-refractivity contribution in [1.29, 1.82) is 0 Å². The van der Waals surface area contributed by atoms with E-state index < -0.39 is 6.10 Å². The molecule has 0 saturated carbocycles. The Morgan fingerprint density at radius 1 is 1.47 bits per heavy atom. The van der Waals surface area contributed by atoms with Crippen LogP contribution < -0.4 is 15.8 Å². The maximum absolute atomic E-state index is 11.8. The Bertz CT molecular complexity index is 424. The topological polar surface area (TPSA) is 64.3 Å². The van der Waals surface area contributed by atoms with Gasteiger partial charge in [-0.25, -0.2) is 0 Å². The van der Waals surface area contributed by atoms with E-state index in [1.807, 2.05) is 0 Å². The Labute approximate surface area is 122 Å². The standard InChI is InChI=1S/C14H21BrN2O2/c1-3-4-5-9-17-14(18)10(2)19-12-8-6-7-11(16)13(12)15/h6-8,10H,3-5,9,16H2,1-2H3,(H,17,18). The third kappa shape index (κ3) is 5.11. The van der Waals surface area contributed by atoms with Crippen LogP contribution in [0.5, 0.6) is 5.75 Å². The lowest BCUT2D eigenvalue weighted by atomic mass is 10.2. The minimum atomic E-state index is -0.542. The van der Waals surface area contributed by atoms with Crippen LogP contribution in [-0.4, -0.2) is 18.6 Å². The first-order valence-corrected chi connectivity index (χ1v) is 7.34. The number of nitrogen functional groups attached to an aromatic ring is 1. The molecular weight excluding hydrogens is 308 g/mol. The highest BCUT2D eigenvalue weighted by atomic mass is 79.9. The van der Waals surface area contributed by atoms with Crippen LogP contribution >= 0.6 is 15.9 Å². The molecule has 1 atom stereocenters. The van der Waals surface area contributed by atoms with Gasteiger partial charge in [-0.3, -0.25) is 4.79 Å². The van der Waals surface area contributed by atoms with E-state index in [1.54, 1.807) is 25.1 Å². The van der Waals surface area contributed by atoms with Crippen LogP contribution in [0.25, 0.3) is 0 Å². The van der Waals surface area contributed by atoms with Gasteiger partial charge in [0.1, 0.15) is 5.75 Å². The molecular formula is C14H21BrN2O2. The van der Waals surface area contributed by atoms with Gasteiger partial charge in [0.05, 0.1) is 4.47 Å². The van der Waals surface area contributed by atoms with E-state index >= 15 is 0 Å². The first-order valence-electron chi connectivity index (χ1n) is 6.54. The largest absolute Gasteiger partial charge is 0.480 e. The lowest BCUT2D eigenvalue weighted by Crippen LogP contribution is -2.36. The van der Waals surface area contributed by atoms with Crippen LogP contribution in [0.1, 0.15) is 33.1 Å². The van der Waals surface area contributed by atoms with Crippen molar-refractivity contribution in [2.75, 3.05) is 12.3 Å². The smallest absolute Gasteiger partial charge is 0.260 e. The second-order valence-electron chi connectivity index (χ2n) is 4.42. The Hall–Kier alpha value is -1.23. The summed E-state index contributed by atoms with van der Waals surface area (Å²) in [5.41, 5.74) is 6.35. The fourth-order valence-electron chi connectivity index (χ4n) is 1.59. The fraction of sp³-hybridized carbons (Fsp3) is 0.500. The predicted molar refractivity (Wildman–Crippen MR) is 81.2 cm³/mol. The summed E-state index contributed by atoms with van der Waals surface area (Å²) in [6, 6.07) is 5.34. The number of carbonyl (C=O) groups excluding carboxylic acids is 1. The maximum Gasteiger partial charge on any atom is 0.260 e. The number of hydrogen-bond donors (Lipinski definition) is 2. The number of halogens is 1. The lowest BCUT2D eigenvalue weighted by Gasteiger charge is -2.16. The number of nitrogens with one attached hydrogen (secondary N) is 1. The molecule has 1 aromatic rings. The van der Waals surface area contributed by atoms with Crippen molar-refractivity contribution in [1.82, 2.24) is 5.32 Å². The molecule has 0 fully saturated rings. The Morgan fingerprint density at radius 3 is 2.89 bits per heavy atom. The highest BCUT2D eigenvalue weighted by molar-refractivity contribution is 9.10. The van der Waals surface area contributed by atoms with E-state index in [0.717, 1.165) is 19.3 Å². The normalized spacial score (nSPS) is 11.9. The van der Waals surface area contributed by atoms with E-state index in [1.165, 1.54) is 0 Å². The Kier molecular flexibility index (Phi) is 6.70. The SMILES string of the molecule is CCCCCNC(=O)C(C)Oc1cccc(N)c1Br. The number of rotatable bonds is 7. The summed E-state index contributed by atoms with van der Waals surface area (Å²) in [4.78, 5) is 11.8. The van der Waals surface area contributed by atoms with Gasteiger partial charge in [0.2, 0.25) is 0 Å². The fourth-order valence-corrected chi connectivity index (χ4v) is 1.95. The van der Waals surface area contributed by atoms with Crippen molar-refractivity contribution in [3.8, 4) is 5.75 Å². The zero-order valence-electron chi connectivity index (χ0n) is 11.4. The summed E-state index contributed by atoms with van der Waals surface area (Å²) in [5, 5.41) is 2.86. The molecule has 1 rings (SSSR count). The number of ether oxygens (including phenoxy) is 1. The number of amides is 1. The number of hydrogen-bond acceptors (Lipinski definition) is 3. The molecule has 0 aliphatic heterocycles. The van der Waals surface area contributed by atoms with Gasteiger partial charge in [-0.2, -0.15) is 0 Å². The molecule has 0 aliphatic rings. The maximum atomic E-state index is 11.8. The van der Waals surface area contributed by atoms with Crippen molar-refractivity contribution in [2.24, 2.45) is 0 Å². The van der Waals surface area contributed by atoms with E-state index in [2.05, 4.69) is 28.2 Å². The summed E-state index contributed by atoms with van der Waals surface area (Å²) >= 11 is 3.35. The highest BCUT2D eigenvalue weighted by Gasteiger charge is 2.15. The van der Waals surface area contributed by atoms with Crippen molar-refractivity contribution < 1.29 is 9.53 Å². The summed E-state index contributed by atoms with van der Waals surface area (Å²) in [6.45, 7) is 4.55. The molecule has 1 aromatic carbocycles. The quantitative estimate of drug-likeness (QED) is 0.597. The molecule has 106 valence electrons. The Morgan fingerprint density at radius 2 is 2.21 bits per heavy atom. The summed E-state index contributed by atoms with van der Waals surface area (Å²) in [7, 11) is 0. The van der Waals surface area contributed by atoms with Crippen molar-refractivity contribution in [3.05, 3.63) is 22.7 Å².